The van der Waals surface area contributed by atoms with Gasteiger partial charge < -0.3 is 7.85 Å². The van der Waals surface area contributed by atoms with Crippen molar-refractivity contribution in [2.75, 3.05) is 0 Å². The fraction of sp³-hybridized carbons (Fsp3) is 0.118. The summed E-state index contributed by atoms with van der Waals surface area (Å²) in [5.74, 6) is 0. The number of aromatic nitrogens is 2. The van der Waals surface area contributed by atoms with Gasteiger partial charge in [-0.25, -0.2) is 0 Å². The summed E-state index contributed by atoms with van der Waals surface area (Å²) < 4.78 is 4.14. The van der Waals surface area contributed by atoms with Crippen LogP contribution < -0.4 is 10.3 Å². The van der Waals surface area contributed by atoms with Crippen LogP contribution in [0.5, 0.6) is 0 Å². The molecule has 0 atom stereocenters. The van der Waals surface area contributed by atoms with Crippen LogP contribution in [-0.4, -0.2) is 12.4 Å². The van der Waals surface area contributed by atoms with Crippen LogP contribution in [-0.2, 0) is 13.1 Å². The number of nitrogens with zero attached hydrogens (tertiary/aromatic N) is 2. The lowest BCUT2D eigenvalue weighted by Crippen LogP contribution is -2.50. The van der Waals surface area contributed by atoms with E-state index in [0.717, 1.165) is 18.8 Å². The van der Waals surface area contributed by atoms with Crippen LogP contribution in [0.2, 0.25) is 0 Å². The first kappa shape index (κ1) is 12.7. The van der Waals surface area contributed by atoms with E-state index in [1.165, 1.54) is 11.1 Å². The molecule has 0 aliphatic carbocycles. The summed E-state index contributed by atoms with van der Waals surface area (Å²) in [7, 11) is 6.22. The molecule has 2 aromatic carbocycles. The van der Waals surface area contributed by atoms with Gasteiger partial charge in [0, 0.05) is 0 Å². The molecule has 0 saturated carbocycles. The Kier molecular flexibility index (Phi) is 3.68. The largest absolute Gasteiger partial charge is 0.458 e. The predicted octanol–water partition coefficient (Wildman–Crippen LogP) is 1.67. The van der Waals surface area contributed by atoms with Gasteiger partial charge in [-0.1, -0.05) is 60.7 Å². The van der Waals surface area contributed by atoms with Crippen molar-refractivity contribution in [1.82, 2.24) is 4.57 Å². The summed E-state index contributed by atoms with van der Waals surface area (Å²) in [5, 5.41) is 0. The van der Waals surface area contributed by atoms with E-state index < -0.39 is 0 Å². The van der Waals surface area contributed by atoms with Gasteiger partial charge in [-0.05, 0) is 16.9 Å². The third-order valence-corrected chi connectivity index (χ3v) is 3.41. The van der Waals surface area contributed by atoms with Crippen molar-refractivity contribution in [3.05, 3.63) is 84.2 Å². The summed E-state index contributed by atoms with van der Waals surface area (Å²) in [6, 6.07) is 20.7. The molecule has 0 saturated heterocycles. The topological polar surface area (TPSA) is 8.81 Å². The Balaban J connectivity index is 1.79. The van der Waals surface area contributed by atoms with Gasteiger partial charge in [0.25, 0.3) is 0 Å². The highest BCUT2D eigenvalue weighted by Crippen LogP contribution is 2.01. The molecule has 3 heteroatoms. The third kappa shape index (κ3) is 2.82. The smallest absolute Gasteiger partial charge is 0.126 e. The van der Waals surface area contributed by atoms with Crippen LogP contribution in [0.25, 0.3) is 0 Å². The summed E-state index contributed by atoms with van der Waals surface area (Å²) in [4.78, 5) is 0. The Hall–Kier alpha value is -2.29. The van der Waals surface area contributed by atoms with E-state index in [9.17, 15) is 0 Å². The molecule has 0 spiro atoms. The van der Waals surface area contributed by atoms with Crippen molar-refractivity contribution in [1.29, 1.82) is 0 Å². The number of hydrogen-bond acceptors (Lipinski definition) is 0. The maximum Gasteiger partial charge on any atom is 0.126 e. The van der Waals surface area contributed by atoms with Crippen LogP contribution >= 0.6 is 0 Å². The van der Waals surface area contributed by atoms with Gasteiger partial charge >= 0.3 is 0 Å². The molecule has 0 bridgehead atoms. The molecule has 2 nitrogen and oxygen atoms in total. The summed E-state index contributed by atoms with van der Waals surface area (Å²) in [6.07, 6.45) is 4.07. The lowest BCUT2D eigenvalue weighted by atomic mass is 10.1. The minimum absolute atomic E-state index is 0.776. The van der Waals surface area contributed by atoms with E-state index in [4.69, 9.17) is 7.85 Å². The molecule has 1 aromatic heterocycles. The summed E-state index contributed by atoms with van der Waals surface area (Å²) in [6.45, 7) is 1.60. The molecule has 0 N–H and O–H groups in total. The van der Waals surface area contributed by atoms with E-state index in [0.29, 0.717) is 0 Å². The zero-order chi connectivity index (χ0) is 13.8. The molecule has 0 amide bonds. The van der Waals surface area contributed by atoms with Crippen molar-refractivity contribution < 1.29 is 4.57 Å². The standard InChI is InChI=1S/C17H16BN2/c18-17-19(13-15-7-3-1-4-8-15)11-12-20(17)14-16-9-5-2-6-10-16/h1-12H,13-14H2. The molecule has 20 heavy (non-hydrogen) atoms. The highest BCUT2D eigenvalue weighted by Gasteiger charge is 2.05. The zero-order valence-corrected chi connectivity index (χ0v) is 11.3. The molecular weight excluding hydrogens is 243 g/mol. The van der Waals surface area contributed by atoms with Crippen LogP contribution in [0.1, 0.15) is 11.1 Å². The highest BCUT2D eigenvalue weighted by molar-refractivity contribution is 6.27. The molecule has 0 aliphatic rings. The number of imidazole rings is 1. The lowest BCUT2D eigenvalue weighted by Gasteiger charge is -2.11. The monoisotopic (exact) mass is 259 g/mol. The van der Waals surface area contributed by atoms with E-state index in [-0.39, 0.29) is 0 Å². The molecule has 3 rings (SSSR count). The Morgan fingerprint density at radius 2 is 1.45 bits per heavy atom. The van der Waals surface area contributed by atoms with Gasteiger partial charge in [-0.3, -0.25) is 9.13 Å². The Labute approximate surface area is 120 Å². The second kappa shape index (κ2) is 5.78. The molecule has 0 unspecified atom stereocenters. The zero-order valence-electron chi connectivity index (χ0n) is 11.3. The van der Waals surface area contributed by atoms with Crippen molar-refractivity contribution in [3.63, 3.8) is 0 Å². The fourth-order valence-electron chi connectivity index (χ4n) is 2.31. The minimum Gasteiger partial charge on any atom is -0.458 e. The predicted molar refractivity (Wildman–Crippen MR) is 81.1 cm³/mol. The second-order valence-electron chi connectivity index (χ2n) is 4.88. The SMILES string of the molecule is [B-]c1n(Cc2ccccc2)cc[n+]1Cc1ccccc1. The van der Waals surface area contributed by atoms with E-state index in [1.54, 1.807) is 0 Å². The van der Waals surface area contributed by atoms with Gasteiger partial charge in [0.15, 0.2) is 0 Å². The van der Waals surface area contributed by atoms with Crippen LogP contribution in [0, 0.1) is 0 Å². The van der Waals surface area contributed by atoms with Gasteiger partial charge in [-0.2, -0.15) is 0 Å². The first-order valence-electron chi connectivity index (χ1n) is 6.75. The first-order chi connectivity index (χ1) is 9.83. The van der Waals surface area contributed by atoms with E-state index in [2.05, 4.69) is 33.4 Å². The molecule has 0 fully saturated rings. The maximum absolute atomic E-state index is 6.22. The third-order valence-electron chi connectivity index (χ3n) is 3.41. The number of hydrogen-bond donors (Lipinski definition) is 0. The van der Waals surface area contributed by atoms with Crippen molar-refractivity contribution in [2.45, 2.75) is 13.1 Å². The van der Waals surface area contributed by atoms with Crippen molar-refractivity contribution in [2.24, 2.45) is 0 Å². The van der Waals surface area contributed by atoms with Crippen LogP contribution in [0.3, 0.4) is 0 Å². The average molecular weight is 259 g/mol. The van der Waals surface area contributed by atoms with Crippen LogP contribution in [0.4, 0.5) is 0 Å². The second-order valence-corrected chi connectivity index (χ2v) is 4.88. The molecule has 97 valence electrons. The fourth-order valence-corrected chi connectivity index (χ4v) is 2.31. The van der Waals surface area contributed by atoms with Crippen molar-refractivity contribution >= 4 is 13.6 Å². The van der Waals surface area contributed by atoms with Crippen molar-refractivity contribution in [3.8, 4) is 0 Å². The van der Waals surface area contributed by atoms with Gasteiger partial charge in [0.1, 0.15) is 25.5 Å². The lowest BCUT2D eigenvalue weighted by molar-refractivity contribution is -0.670. The first-order valence-corrected chi connectivity index (χ1v) is 6.75. The number of rotatable bonds is 4. The van der Waals surface area contributed by atoms with Crippen LogP contribution in [0.15, 0.2) is 73.1 Å². The van der Waals surface area contributed by atoms with E-state index in [1.807, 2.05) is 48.8 Å². The number of benzene rings is 2. The highest BCUT2D eigenvalue weighted by atomic mass is 15.1. The summed E-state index contributed by atoms with van der Waals surface area (Å²) in [5.41, 5.74) is 3.28. The molecule has 3 aromatic rings. The Bertz CT molecular complexity index is 616. The Morgan fingerprint density at radius 3 is 2.10 bits per heavy atom. The molecule has 0 aliphatic heterocycles. The molecule has 1 heterocycles. The molecular formula is C17H16BN2. The van der Waals surface area contributed by atoms with Gasteiger partial charge in [-0.15, -0.1) is 0 Å². The molecule has 3 radical (unpaired) electrons. The average Bonchev–Trinajstić information content (AvgIpc) is 2.83. The maximum atomic E-state index is 6.22. The Morgan fingerprint density at radius 1 is 0.850 bits per heavy atom. The quantitative estimate of drug-likeness (QED) is 0.498. The van der Waals surface area contributed by atoms with Gasteiger partial charge in [0.05, 0.1) is 0 Å². The van der Waals surface area contributed by atoms with Gasteiger partial charge in [0.2, 0.25) is 0 Å². The summed E-state index contributed by atoms with van der Waals surface area (Å²) >= 11 is 0. The minimum atomic E-state index is 0.776. The normalized spacial score (nSPS) is 10.7. The van der Waals surface area contributed by atoms with E-state index >= 15 is 0 Å².